The fraction of sp³-hybridized carbons (Fsp3) is 0.409. The second kappa shape index (κ2) is 9.25. The van der Waals surface area contributed by atoms with Crippen LogP contribution in [-0.2, 0) is 6.61 Å². The van der Waals surface area contributed by atoms with Gasteiger partial charge in [0.1, 0.15) is 12.4 Å². The number of hydrogen-bond acceptors (Lipinski definition) is 3. The third kappa shape index (κ3) is 4.82. The van der Waals surface area contributed by atoms with Gasteiger partial charge in [0.25, 0.3) is 5.91 Å². The van der Waals surface area contributed by atoms with Gasteiger partial charge in [0.05, 0.1) is 0 Å². The van der Waals surface area contributed by atoms with E-state index in [1.807, 2.05) is 59.5 Å². The van der Waals surface area contributed by atoms with Gasteiger partial charge >= 0.3 is 0 Å². The standard InChI is InChI=1S/C22H26N2O2.ClH/c25-22(24-12-10-19-14-23-15-20(19)11-13-24)18-6-8-21(9-7-18)26-16-17-4-2-1-3-5-17;/h1-9,19-20,23H,10-16H2;1H/t19-,20+;. The number of nitrogens with zero attached hydrogens (tertiary/aromatic N) is 1. The summed E-state index contributed by atoms with van der Waals surface area (Å²) in [6, 6.07) is 17.7. The zero-order valence-corrected chi connectivity index (χ0v) is 16.3. The molecule has 0 aliphatic carbocycles. The predicted octanol–water partition coefficient (Wildman–Crippen LogP) is 3.76. The Balaban J connectivity index is 0.00000210. The van der Waals surface area contributed by atoms with E-state index >= 15 is 0 Å². The molecule has 2 fully saturated rings. The Kier molecular flexibility index (Phi) is 6.75. The molecule has 1 amide bonds. The molecule has 4 rings (SSSR count). The number of fused-ring (bicyclic) bond motifs is 1. The number of halogens is 1. The van der Waals surface area contributed by atoms with Crippen LogP contribution in [0.5, 0.6) is 5.75 Å². The number of ether oxygens (including phenoxy) is 1. The highest BCUT2D eigenvalue weighted by atomic mass is 35.5. The van der Waals surface area contributed by atoms with Crippen molar-refractivity contribution in [3.8, 4) is 5.75 Å². The summed E-state index contributed by atoms with van der Waals surface area (Å²) in [4.78, 5) is 14.9. The monoisotopic (exact) mass is 386 g/mol. The van der Waals surface area contributed by atoms with E-state index in [1.54, 1.807) is 0 Å². The van der Waals surface area contributed by atoms with Gasteiger partial charge in [-0.2, -0.15) is 0 Å². The zero-order chi connectivity index (χ0) is 17.8. The van der Waals surface area contributed by atoms with Crippen LogP contribution < -0.4 is 10.1 Å². The highest BCUT2D eigenvalue weighted by Crippen LogP contribution is 2.28. The van der Waals surface area contributed by atoms with Crippen molar-refractivity contribution in [1.82, 2.24) is 10.2 Å². The van der Waals surface area contributed by atoms with Crippen molar-refractivity contribution < 1.29 is 9.53 Å². The average Bonchev–Trinajstić information content (AvgIpc) is 3.05. The highest BCUT2D eigenvalue weighted by Gasteiger charge is 2.31. The van der Waals surface area contributed by atoms with E-state index in [0.29, 0.717) is 6.61 Å². The molecule has 2 aromatic rings. The van der Waals surface area contributed by atoms with Gasteiger partial charge in [0.2, 0.25) is 0 Å². The molecular weight excluding hydrogens is 360 g/mol. The Bertz CT molecular complexity index is 722. The van der Waals surface area contributed by atoms with Gasteiger partial charge in [0.15, 0.2) is 0 Å². The molecule has 2 saturated heterocycles. The molecule has 144 valence electrons. The molecule has 2 atom stereocenters. The normalized spacial score (nSPS) is 21.7. The van der Waals surface area contributed by atoms with Crippen molar-refractivity contribution >= 4 is 18.3 Å². The summed E-state index contributed by atoms with van der Waals surface area (Å²) in [6.07, 6.45) is 2.23. The second-order valence-electron chi connectivity index (χ2n) is 7.35. The van der Waals surface area contributed by atoms with Gasteiger partial charge in [-0.05, 0) is 67.6 Å². The molecule has 0 unspecified atom stereocenters. The Hall–Kier alpha value is -2.04. The minimum Gasteiger partial charge on any atom is -0.489 e. The molecule has 2 aliphatic heterocycles. The van der Waals surface area contributed by atoms with Crippen LogP contribution in [0.15, 0.2) is 54.6 Å². The Morgan fingerprint density at radius 1 is 0.963 bits per heavy atom. The van der Waals surface area contributed by atoms with E-state index in [0.717, 1.165) is 67.7 Å². The van der Waals surface area contributed by atoms with Crippen molar-refractivity contribution in [3.63, 3.8) is 0 Å². The van der Waals surface area contributed by atoms with Gasteiger partial charge in [0, 0.05) is 18.7 Å². The Morgan fingerprint density at radius 3 is 2.22 bits per heavy atom. The largest absolute Gasteiger partial charge is 0.489 e. The fourth-order valence-electron chi connectivity index (χ4n) is 4.04. The summed E-state index contributed by atoms with van der Waals surface area (Å²) < 4.78 is 5.81. The first-order chi connectivity index (χ1) is 12.8. The Labute approximate surface area is 167 Å². The minimum absolute atomic E-state index is 0. The summed E-state index contributed by atoms with van der Waals surface area (Å²) in [6.45, 7) is 4.50. The van der Waals surface area contributed by atoms with Crippen LogP contribution in [0.2, 0.25) is 0 Å². The number of benzene rings is 2. The number of carbonyl (C=O) groups excluding carboxylic acids is 1. The lowest BCUT2D eigenvalue weighted by molar-refractivity contribution is 0.0758. The maximum atomic E-state index is 12.8. The molecule has 0 radical (unpaired) electrons. The van der Waals surface area contributed by atoms with E-state index in [2.05, 4.69) is 5.32 Å². The summed E-state index contributed by atoms with van der Waals surface area (Å²) >= 11 is 0. The van der Waals surface area contributed by atoms with Gasteiger partial charge in [-0.25, -0.2) is 0 Å². The van der Waals surface area contributed by atoms with Crippen LogP contribution in [0.25, 0.3) is 0 Å². The van der Waals surface area contributed by atoms with Crippen molar-refractivity contribution in [2.24, 2.45) is 11.8 Å². The molecular formula is C22H27ClN2O2. The molecule has 2 heterocycles. The lowest BCUT2D eigenvalue weighted by Gasteiger charge is -2.21. The van der Waals surface area contributed by atoms with Crippen molar-refractivity contribution in [3.05, 3.63) is 65.7 Å². The van der Waals surface area contributed by atoms with E-state index in [-0.39, 0.29) is 18.3 Å². The van der Waals surface area contributed by atoms with E-state index in [4.69, 9.17) is 4.74 Å². The molecule has 2 aliphatic rings. The maximum Gasteiger partial charge on any atom is 0.253 e. The van der Waals surface area contributed by atoms with Crippen molar-refractivity contribution in [1.29, 1.82) is 0 Å². The van der Waals surface area contributed by atoms with Crippen LogP contribution in [0.3, 0.4) is 0 Å². The number of rotatable bonds is 4. The van der Waals surface area contributed by atoms with Gasteiger partial charge in [-0.15, -0.1) is 12.4 Å². The fourth-order valence-corrected chi connectivity index (χ4v) is 4.04. The molecule has 0 spiro atoms. The molecule has 0 aromatic heterocycles. The van der Waals surface area contributed by atoms with Gasteiger partial charge in [-0.3, -0.25) is 4.79 Å². The second-order valence-corrected chi connectivity index (χ2v) is 7.35. The highest BCUT2D eigenvalue weighted by molar-refractivity contribution is 5.94. The van der Waals surface area contributed by atoms with Crippen molar-refractivity contribution in [2.45, 2.75) is 19.4 Å². The lowest BCUT2D eigenvalue weighted by Crippen LogP contribution is -2.32. The smallest absolute Gasteiger partial charge is 0.253 e. The third-order valence-corrected chi connectivity index (χ3v) is 5.66. The number of amides is 1. The molecule has 5 heteroatoms. The SMILES string of the molecule is Cl.O=C(c1ccc(OCc2ccccc2)cc1)N1CC[C@@H]2CNC[C@@H]2CC1. The molecule has 2 aromatic carbocycles. The number of nitrogens with one attached hydrogen (secondary N) is 1. The number of likely N-dealkylation sites (tertiary alicyclic amines) is 1. The summed E-state index contributed by atoms with van der Waals surface area (Å²) in [5.74, 6) is 2.41. The van der Waals surface area contributed by atoms with Crippen LogP contribution in [0.4, 0.5) is 0 Å². The van der Waals surface area contributed by atoms with Crippen LogP contribution in [0.1, 0.15) is 28.8 Å². The van der Waals surface area contributed by atoms with Gasteiger partial charge < -0.3 is 15.0 Å². The first-order valence-corrected chi connectivity index (χ1v) is 9.56. The number of carbonyl (C=O) groups is 1. The molecule has 0 bridgehead atoms. The average molecular weight is 387 g/mol. The molecule has 0 saturated carbocycles. The summed E-state index contributed by atoms with van der Waals surface area (Å²) in [5, 5.41) is 3.48. The quantitative estimate of drug-likeness (QED) is 0.869. The lowest BCUT2D eigenvalue weighted by atomic mass is 9.92. The van der Waals surface area contributed by atoms with E-state index < -0.39 is 0 Å². The van der Waals surface area contributed by atoms with E-state index in [1.165, 1.54) is 0 Å². The van der Waals surface area contributed by atoms with Gasteiger partial charge in [-0.1, -0.05) is 30.3 Å². The van der Waals surface area contributed by atoms with Crippen LogP contribution in [0, 0.1) is 11.8 Å². The topological polar surface area (TPSA) is 41.6 Å². The third-order valence-electron chi connectivity index (χ3n) is 5.66. The van der Waals surface area contributed by atoms with Crippen LogP contribution >= 0.6 is 12.4 Å². The predicted molar refractivity (Wildman–Crippen MR) is 109 cm³/mol. The zero-order valence-electron chi connectivity index (χ0n) is 15.5. The molecule has 4 nitrogen and oxygen atoms in total. The van der Waals surface area contributed by atoms with E-state index in [9.17, 15) is 4.79 Å². The minimum atomic E-state index is 0. The van der Waals surface area contributed by atoms with Crippen molar-refractivity contribution in [2.75, 3.05) is 26.2 Å². The van der Waals surface area contributed by atoms with Crippen LogP contribution in [-0.4, -0.2) is 37.0 Å². The Morgan fingerprint density at radius 2 is 1.59 bits per heavy atom. The summed E-state index contributed by atoms with van der Waals surface area (Å²) in [5.41, 5.74) is 1.89. The first kappa shape index (κ1) is 19.7. The molecule has 1 N–H and O–H groups in total. The first-order valence-electron chi connectivity index (χ1n) is 9.56. The summed E-state index contributed by atoms with van der Waals surface area (Å²) in [7, 11) is 0. The number of hydrogen-bond donors (Lipinski definition) is 1. The molecule has 27 heavy (non-hydrogen) atoms. The maximum absolute atomic E-state index is 12.8.